The maximum Gasteiger partial charge on any atom is 0.216 e. The van der Waals surface area contributed by atoms with Crippen LogP contribution in [0.4, 0.5) is 5.69 Å². The fourth-order valence-electron chi connectivity index (χ4n) is 2.44. The molecule has 9 heteroatoms. The minimum atomic E-state index is 0.0382. The van der Waals surface area contributed by atoms with Crippen LogP contribution in [-0.2, 0) is 0 Å². The number of nitrogens with zero attached hydrogens (tertiary/aromatic N) is 4. The average molecular weight is 448 g/mol. The molecule has 0 aliphatic heterocycles. The number of halogens is 1. The topological polar surface area (TPSA) is 78.7 Å². The zero-order valence-electron chi connectivity index (χ0n) is 15.0. The average Bonchev–Trinajstić information content (AvgIpc) is 3.03. The lowest BCUT2D eigenvalue weighted by molar-refractivity contribution is 0.372. The molecule has 27 heavy (non-hydrogen) atoms. The third kappa shape index (κ3) is 4.04. The molecule has 0 atom stereocenters. The minimum absolute atomic E-state index is 0.0382. The number of anilines is 1. The van der Waals surface area contributed by atoms with E-state index in [4.69, 9.17) is 17.0 Å². The van der Waals surface area contributed by atoms with Crippen LogP contribution in [0.1, 0.15) is 5.56 Å². The molecule has 2 aromatic carbocycles. The standard InChI is InChI=1S/C18H18BrN5O2S/c1-23(2)13-6-4-12(5-7-13)17-21-22-18(27)24(17)20-10-11-8-14(19)16(25)15(9-11)26-3/h4-10,25H,1-3H3,(H,22,27)/b20-10+. The molecular formula is C18H18BrN5O2S. The van der Waals surface area contributed by atoms with E-state index < -0.39 is 0 Å². The van der Waals surface area contributed by atoms with E-state index in [1.807, 2.05) is 43.3 Å². The second-order valence-corrected chi connectivity index (χ2v) is 7.14. The molecule has 2 N–H and O–H groups in total. The molecule has 0 saturated carbocycles. The number of ether oxygens (including phenoxy) is 1. The predicted molar refractivity (Wildman–Crippen MR) is 113 cm³/mol. The summed E-state index contributed by atoms with van der Waals surface area (Å²) in [5, 5.41) is 21.4. The van der Waals surface area contributed by atoms with Gasteiger partial charge in [0.25, 0.3) is 0 Å². The largest absolute Gasteiger partial charge is 0.503 e. The Balaban J connectivity index is 1.97. The zero-order chi connectivity index (χ0) is 19.6. The van der Waals surface area contributed by atoms with Gasteiger partial charge in [-0.1, -0.05) is 0 Å². The van der Waals surface area contributed by atoms with E-state index in [1.54, 1.807) is 23.0 Å². The smallest absolute Gasteiger partial charge is 0.216 e. The van der Waals surface area contributed by atoms with Gasteiger partial charge in [-0.15, -0.1) is 0 Å². The van der Waals surface area contributed by atoms with Crippen molar-refractivity contribution in [1.29, 1.82) is 0 Å². The third-order valence-corrected chi connectivity index (χ3v) is 4.75. The summed E-state index contributed by atoms with van der Waals surface area (Å²) in [5.74, 6) is 0.990. The highest BCUT2D eigenvalue weighted by Crippen LogP contribution is 2.34. The third-order valence-electron chi connectivity index (χ3n) is 3.89. The van der Waals surface area contributed by atoms with Gasteiger partial charge in [-0.25, -0.2) is 5.10 Å². The highest BCUT2D eigenvalue weighted by molar-refractivity contribution is 9.10. The van der Waals surface area contributed by atoms with Crippen LogP contribution in [0.2, 0.25) is 0 Å². The summed E-state index contributed by atoms with van der Waals surface area (Å²) in [5.41, 5.74) is 2.70. The summed E-state index contributed by atoms with van der Waals surface area (Å²) in [7, 11) is 5.46. The molecule has 0 aliphatic rings. The molecule has 0 radical (unpaired) electrons. The maximum atomic E-state index is 9.92. The molecule has 0 fully saturated rings. The molecule has 1 aromatic heterocycles. The number of aromatic amines is 1. The Morgan fingerprint density at radius 2 is 2.00 bits per heavy atom. The highest BCUT2D eigenvalue weighted by Gasteiger charge is 2.10. The first-order valence-corrected chi connectivity index (χ1v) is 9.17. The summed E-state index contributed by atoms with van der Waals surface area (Å²) in [4.78, 5) is 2.02. The normalized spacial score (nSPS) is 11.1. The van der Waals surface area contributed by atoms with E-state index in [1.165, 1.54) is 7.11 Å². The molecule has 140 valence electrons. The number of aromatic nitrogens is 3. The van der Waals surface area contributed by atoms with Gasteiger partial charge >= 0.3 is 0 Å². The SMILES string of the molecule is COc1cc(/C=N/n2c(-c3ccc(N(C)C)cc3)n[nH]c2=S)cc(Br)c1O. The number of benzene rings is 2. The molecule has 3 aromatic rings. The van der Waals surface area contributed by atoms with Gasteiger partial charge < -0.3 is 14.7 Å². The lowest BCUT2D eigenvalue weighted by Crippen LogP contribution is -2.08. The van der Waals surface area contributed by atoms with Crippen LogP contribution in [-0.4, -0.2) is 47.4 Å². The van der Waals surface area contributed by atoms with Gasteiger partial charge in [-0.05, 0) is 70.1 Å². The molecule has 7 nitrogen and oxygen atoms in total. The molecule has 0 aliphatic carbocycles. The van der Waals surface area contributed by atoms with Crippen LogP contribution in [0.5, 0.6) is 11.5 Å². The number of H-pyrrole nitrogens is 1. The number of rotatable bonds is 5. The van der Waals surface area contributed by atoms with Crippen molar-refractivity contribution >= 4 is 40.0 Å². The summed E-state index contributed by atoms with van der Waals surface area (Å²) in [6.07, 6.45) is 1.62. The van der Waals surface area contributed by atoms with E-state index in [0.717, 1.165) is 16.8 Å². The van der Waals surface area contributed by atoms with Crippen molar-refractivity contribution < 1.29 is 9.84 Å². The molecule has 3 rings (SSSR count). The fourth-order valence-corrected chi connectivity index (χ4v) is 3.08. The number of phenolic OH excluding ortho intramolecular Hbond substituents is 1. The Hall–Kier alpha value is -2.65. The van der Waals surface area contributed by atoms with Crippen molar-refractivity contribution in [3.05, 3.63) is 51.2 Å². The van der Waals surface area contributed by atoms with Crippen molar-refractivity contribution in [2.24, 2.45) is 5.10 Å². The van der Waals surface area contributed by atoms with Gasteiger partial charge in [0, 0.05) is 25.3 Å². The second kappa shape index (κ2) is 7.93. The number of hydrogen-bond donors (Lipinski definition) is 2. The van der Waals surface area contributed by atoms with Gasteiger partial charge in [0.15, 0.2) is 17.3 Å². The van der Waals surface area contributed by atoms with Crippen molar-refractivity contribution in [2.75, 3.05) is 26.1 Å². The number of phenols is 1. The van der Waals surface area contributed by atoms with E-state index in [2.05, 4.69) is 31.2 Å². The van der Waals surface area contributed by atoms with Gasteiger partial charge in [-0.3, -0.25) is 0 Å². The first-order chi connectivity index (χ1) is 12.9. The molecule has 0 amide bonds. The maximum absolute atomic E-state index is 9.92. The van der Waals surface area contributed by atoms with Crippen molar-refractivity contribution in [3.63, 3.8) is 0 Å². The predicted octanol–water partition coefficient (Wildman–Crippen LogP) is 4.03. The molecule has 0 bridgehead atoms. The summed E-state index contributed by atoms with van der Waals surface area (Å²) in [6.45, 7) is 0. The van der Waals surface area contributed by atoms with E-state index in [-0.39, 0.29) is 5.75 Å². The molecule has 0 unspecified atom stereocenters. The van der Waals surface area contributed by atoms with Crippen LogP contribution in [0, 0.1) is 4.77 Å². The van der Waals surface area contributed by atoms with Gasteiger partial charge in [0.05, 0.1) is 17.8 Å². The number of nitrogens with one attached hydrogen (secondary N) is 1. The highest BCUT2D eigenvalue weighted by atomic mass is 79.9. The van der Waals surface area contributed by atoms with Crippen LogP contribution in [0.25, 0.3) is 11.4 Å². The van der Waals surface area contributed by atoms with Gasteiger partial charge in [0.2, 0.25) is 4.77 Å². The van der Waals surface area contributed by atoms with Crippen LogP contribution < -0.4 is 9.64 Å². The Morgan fingerprint density at radius 1 is 1.30 bits per heavy atom. The number of methoxy groups -OCH3 is 1. The minimum Gasteiger partial charge on any atom is -0.503 e. The van der Waals surface area contributed by atoms with Crippen LogP contribution in [0.15, 0.2) is 46.0 Å². The lowest BCUT2D eigenvalue weighted by atomic mass is 10.2. The second-order valence-electron chi connectivity index (χ2n) is 5.90. The first-order valence-electron chi connectivity index (χ1n) is 7.96. The van der Waals surface area contributed by atoms with E-state index >= 15 is 0 Å². The Bertz CT molecular complexity index is 1040. The molecule has 0 spiro atoms. The van der Waals surface area contributed by atoms with Gasteiger partial charge in [0.1, 0.15) is 0 Å². The Kier molecular flexibility index (Phi) is 5.62. The number of aromatic hydroxyl groups is 1. The molecule has 1 heterocycles. The molecular weight excluding hydrogens is 430 g/mol. The lowest BCUT2D eigenvalue weighted by Gasteiger charge is -2.12. The Morgan fingerprint density at radius 3 is 2.63 bits per heavy atom. The van der Waals surface area contributed by atoms with Crippen LogP contribution >= 0.6 is 28.1 Å². The monoisotopic (exact) mass is 447 g/mol. The number of hydrogen-bond acceptors (Lipinski definition) is 6. The quantitative estimate of drug-likeness (QED) is 0.455. The Labute approximate surface area is 170 Å². The summed E-state index contributed by atoms with van der Waals surface area (Å²) < 4.78 is 7.60. The van der Waals surface area contributed by atoms with Crippen molar-refractivity contribution in [2.45, 2.75) is 0 Å². The summed E-state index contributed by atoms with van der Waals surface area (Å²) >= 11 is 8.60. The van der Waals surface area contributed by atoms with Crippen molar-refractivity contribution in [3.8, 4) is 22.9 Å². The summed E-state index contributed by atoms with van der Waals surface area (Å²) in [6, 6.07) is 11.3. The van der Waals surface area contributed by atoms with E-state index in [0.29, 0.717) is 20.8 Å². The van der Waals surface area contributed by atoms with Crippen LogP contribution in [0.3, 0.4) is 0 Å². The van der Waals surface area contributed by atoms with Crippen molar-refractivity contribution in [1.82, 2.24) is 14.9 Å². The fraction of sp³-hybridized carbons (Fsp3) is 0.167. The molecule has 0 saturated heterocycles. The first kappa shape index (κ1) is 19.1. The zero-order valence-corrected chi connectivity index (χ0v) is 17.4. The van der Waals surface area contributed by atoms with E-state index in [9.17, 15) is 5.11 Å². The van der Waals surface area contributed by atoms with Gasteiger partial charge in [-0.2, -0.15) is 14.9 Å².